The van der Waals surface area contributed by atoms with Crippen LogP contribution in [-0.4, -0.2) is 13.1 Å². The number of nitrogens with two attached hydrogens (primary N) is 1. The normalized spacial score (nSPS) is 18.1. The Morgan fingerprint density at radius 2 is 1.89 bits per heavy atom. The topological polar surface area (TPSA) is 29.3 Å². The molecule has 1 aliphatic rings. The van der Waals surface area contributed by atoms with Gasteiger partial charge in [-0.1, -0.05) is 32.9 Å². The van der Waals surface area contributed by atoms with Crippen LogP contribution in [0.15, 0.2) is 24.3 Å². The Bertz CT molecular complexity index is 384. The summed E-state index contributed by atoms with van der Waals surface area (Å²) in [6.45, 7) is 10.1. The predicted octanol–water partition coefficient (Wildman–Crippen LogP) is 3.41. The predicted molar refractivity (Wildman–Crippen MR) is 78.7 cm³/mol. The fraction of sp³-hybridized carbons (Fsp3) is 0.625. The second kappa shape index (κ2) is 5.31. The highest BCUT2D eigenvalue weighted by atomic mass is 15.1. The molecular formula is C16H26N2. The molecule has 0 spiro atoms. The third kappa shape index (κ3) is 3.05. The summed E-state index contributed by atoms with van der Waals surface area (Å²) in [7, 11) is 0. The molecule has 2 heteroatoms. The van der Waals surface area contributed by atoms with Gasteiger partial charge in [-0.05, 0) is 41.9 Å². The Labute approximate surface area is 111 Å². The highest BCUT2D eigenvalue weighted by Gasteiger charge is 2.28. The van der Waals surface area contributed by atoms with E-state index in [9.17, 15) is 0 Å². The summed E-state index contributed by atoms with van der Waals surface area (Å²) in [5.74, 6) is 0.853. The molecule has 0 aliphatic carbocycles. The first-order valence-corrected chi connectivity index (χ1v) is 7.04. The van der Waals surface area contributed by atoms with Crippen molar-refractivity contribution in [3.63, 3.8) is 0 Å². The van der Waals surface area contributed by atoms with E-state index in [4.69, 9.17) is 5.73 Å². The number of nitrogens with zero attached hydrogens (tertiary/aromatic N) is 1. The van der Waals surface area contributed by atoms with Gasteiger partial charge in [0.1, 0.15) is 0 Å². The Balaban J connectivity index is 2.01. The maximum atomic E-state index is 5.71. The van der Waals surface area contributed by atoms with Crippen LogP contribution in [0.4, 0.5) is 5.69 Å². The Morgan fingerprint density at radius 1 is 1.22 bits per heavy atom. The van der Waals surface area contributed by atoms with Gasteiger partial charge in [0.05, 0.1) is 0 Å². The first-order chi connectivity index (χ1) is 8.50. The zero-order valence-electron chi connectivity index (χ0n) is 11.9. The van der Waals surface area contributed by atoms with E-state index in [1.807, 2.05) is 0 Å². The lowest BCUT2D eigenvalue weighted by Gasteiger charge is -2.39. The summed E-state index contributed by atoms with van der Waals surface area (Å²) >= 11 is 0. The Hall–Kier alpha value is -1.02. The molecule has 0 atom stereocenters. The van der Waals surface area contributed by atoms with Crippen molar-refractivity contribution in [2.75, 3.05) is 18.0 Å². The maximum Gasteiger partial charge on any atom is 0.0369 e. The van der Waals surface area contributed by atoms with Crippen molar-refractivity contribution in [3.8, 4) is 0 Å². The molecule has 100 valence electrons. The summed E-state index contributed by atoms with van der Waals surface area (Å²) < 4.78 is 0. The molecule has 0 unspecified atom stereocenters. The molecule has 2 N–H and O–H groups in total. The largest absolute Gasteiger partial charge is 0.372 e. The van der Waals surface area contributed by atoms with Gasteiger partial charge in [0.25, 0.3) is 0 Å². The highest BCUT2D eigenvalue weighted by Crippen LogP contribution is 2.35. The van der Waals surface area contributed by atoms with Gasteiger partial charge < -0.3 is 10.6 Å². The number of hydrogen-bond donors (Lipinski definition) is 1. The fourth-order valence-corrected chi connectivity index (χ4v) is 2.88. The smallest absolute Gasteiger partial charge is 0.0369 e. The van der Waals surface area contributed by atoms with Crippen LogP contribution in [0.2, 0.25) is 0 Å². The Morgan fingerprint density at radius 3 is 2.44 bits per heavy atom. The summed E-state index contributed by atoms with van der Waals surface area (Å²) in [4.78, 5) is 2.50. The molecule has 18 heavy (non-hydrogen) atoms. The van der Waals surface area contributed by atoms with Gasteiger partial charge in [-0.25, -0.2) is 0 Å². The molecule has 0 saturated carbocycles. The summed E-state index contributed by atoms with van der Waals surface area (Å²) in [5.41, 5.74) is 8.72. The lowest BCUT2D eigenvalue weighted by molar-refractivity contribution is 0.199. The van der Waals surface area contributed by atoms with Crippen molar-refractivity contribution in [2.45, 2.75) is 40.2 Å². The molecule has 0 bridgehead atoms. The maximum absolute atomic E-state index is 5.71. The molecule has 2 rings (SSSR count). The van der Waals surface area contributed by atoms with Gasteiger partial charge in [-0.3, -0.25) is 0 Å². The van der Waals surface area contributed by atoms with E-state index in [0.29, 0.717) is 12.0 Å². The van der Waals surface area contributed by atoms with Gasteiger partial charge in [0, 0.05) is 25.3 Å². The zero-order valence-corrected chi connectivity index (χ0v) is 11.9. The van der Waals surface area contributed by atoms with Crippen LogP contribution in [-0.2, 0) is 6.54 Å². The van der Waals surface area contributed by atoms with Gasteiger partial charge in [-0.2, -0.15) is 0 Å². The minimum atomic E-state index is 0.450. The standard InChI is InChI=1S/C16H26N2/c1-16(2,3)14-7-9-18(10-8-14)15-6-4-5-13(11-15)12-17/h4-6,11,14H,7-10,12,17H2,1-3H3. The van der Waals surface area contributed by atoms with Crippen LogP contribution in [0.25, 0.3) is 0 Å². The van der Waals surface area contributed by atoms with Gasteiger partial charge in [0.2, 0.25) is 0 Å². The lowest BCUT2D eigenvalue weighted by Crippen LogP contribution is -2.38. The van der Waals surface area contributed by atoms with Crippen molar-refractivity contribution in [1.29, 1.82) is 0 Å². The second-order valence-electron chi connectivity index (χ2n) is 6.50. The van der Waals surface area contributed by atoms with Crippen molar-refractivity contribution in [1.82, 2.24) is 0 Å². The third-order valence-corrected chi connectivity index (χ3v) is 4.23. The van der Waals surface area contributed by atoms with E-state index in [2.05, 4.69) is 49.9 Å². The van der Waals surface area contributed by atoms with E-state index in [-0.39, 0.29) is 0 Å². The van der Waals surface area contributed by atoms with Crippen molar-refractivity contribution in [2.24, 2.45) is 17.1 Å². The fourth-order valence-electron chi connectivity index (χ4n) is 2.88. The Kier molecular flexibility index (Phi) is 3.96. The molecule has 1 aromatic rings. The van der Waals surface area contributed by atoms with Gasteiger partial charge in [-0.15, -0.1) is 0 Å². The molecule has 0 radical (unpaired) electrons. The van der Waals surface area contributed by atoms with Gasteiger partial charge in [0.15, 0.2) is 0 Å². The van der Waals surface area contributed by atoms with Crippen LogP contribution in [0.1, 0.15) is 39.2 Å². The van der Waals surface area contributed by atoms with Crippen LogP contribution in [0.3, 0.4) is 0 Å². The number of hydrogen-bond acceptors (Lipinski definition) is 2. The molecule has 0 amide bonds. The molecule has 1 fully saturated rings. The average molecular weight is 246 g/mol. The van der Waals surface area contributed by atoms with Crippen LogP contribution in [0, 0.1) is 11.3 Å². The molecule has 0 aromatic heterocycles. The van der Waals surface area contributed by atoms with E-state index in [0.717, 1.165) is 5.92 Å². The first-order valence-electron chi connectivity index (χ1n) is 7.04. The lowest BCUT2D eigenvalue weighted by atomic mass is 9.75. The highest BCUT2D eigenvalue weighted by molar-refractivity contribution is 5.49. The van der Waals surface area contributed by atoms with Crippen molar-refractivity contribution in [3.05, 3.63) is 29.8 Å². The number of anilines is 1. The molecule has 1 heterocycles. The van der Waals surface area contributed by atoms with E-state index < -0.39 is 0 Å². The first kappa shape index (κ1) is 13.4. The molecule has 1 aromatic carbocycles. The van der Waals surface area contributed by atoms with Crippen molar-refractivity contribution >= 4 is 5.69 Å². The minimum Gasteiger partial charge on any atom is -0.372 e. The van der Waals surface area contributed by atoms with Crippen molar-refractivity contribution < 1.29 is 0 Å². The van der Waals surface area contributed by atoms with E-state index in [1.54, 1.807) is 0 Å². The molecule has 1 aliphatic heterocycles. The number of rotatable bonds is 2. The summed E-state index contributed by atoms with van der Waals surface area (Å²) in [6.07, 6.45) is 2.60. The monoisotopic (exact) mass is 246 g/mol. The SMILES string of the molecule is CC(C)(C)C1CCN(c2cccc(CN)c2)CC1. The zero-order chi connectivity index (χ0) is 13.2. The average Bonchev–Trinajstić information content (AvgIpc) is 2.38. The third-order valence-electron chi connectivity index (χ3n) is 4.23. The minimum absolute atomic E-state index is 0.450. The van der Waals surface area contributed by atoms with Crippen LogP contribution in [0.5, 0.6) is 0 Å². The number of benzene rings is 1. The second-order valence-corrected chi connectivity index (χ2v) is 6.50. The number of piperidine rings is 1. The summed E-state index contributed by atoms with van der Waals surface area (Å²) in [6, 6.07) is 8.66. The molecule has 2 nitrogen and oxygen atoms in total. The van der Waals surface area contributed by atoms with Gasteiger partial charge >= 0.3 is 0 Å². The quantitative estimate of drug-likeness (QED) is 0.866. The molecule has 1 saturated heterocycles. The van der Waals surface area contributed by atoms with Crippen LogP contribution >= 0.6 is 0 Å². The van der Waals surface area contributed by atoms with E-state index in [1.165, 1.54) is 37.2 Å². The van der Waals surface area contributed by atoms with Crippen LogP contribution < -0.4 is 10.6 Å². The molecular weight excluding hydrogens is 220 g/mol. The van der Waals surface area contributed by atoms with E-state index >= 15 is 0 Å². The summed E-state index contributed by atoms with van der Waals surface area (Å²) in [5, 5.41) is 0.